The van der Waals surface area contributed by atoms with Gasteiger partial charge in [-0.25, -0.2) is 9.40 Å². The number of rotatable bonds is 5. The van der Waals surface area contributed by atoms with Crippen LogP contribution in [0.4, 0.5) is 10.1 Å². The van der Waals surface area contributed by atoms with Gasteiger partial charge in [0.1, 0.15) is 5.82 Å². The van der Waals surface area contributed by atoms with Gasteiger partial charge < -0.3 is 0 Å². The van der Waals surface area contributed by atoms with Crippen molar-refractivity contribution in [1.82, 2.24) is 10.0 Å². The lowest BCUT2D eigenvalue weighted by Gasteiger charge is -2.30. The van der Waals surface area contributed by atoms with Crippen molar-refractivity contribution in [1.29, 1.82) is 0 Å². The Labute approximate surface area is 176 Å². The number of allylic oxidation sites excluding steroid dienone is 2. The molecule has 158 valence electrons. The lowest BCUT2D eigenvalue weighted by Crippen LogP contribution is -2.50. The summed E-state index contributed by atoms with van der Waals surface area (Å²) in [5.41, 5.74) is -0.0375. The summed E-state index contributed by atoms with van der Waals surface area (Å²) in [7, 11) is 0. The zero-order valence-electron chi connectivity index (χ0n) is 16.3. The molecule has 1 saturated heterocycles. The molecule has 4 rings (SSSR count). The van der Waals surface area contributed by atoms with Gasteiger partial charge in [0.25, 0.3) is 23.4 Å². The van der Waals surface area contributed by atoms with Crippen LogP contribution in [0.5, 0.6) is 0 Å². The Kier molecular flexibility index (Phi) is 5.33. The standard InChI is InChI=1S/C22H18FN3O5/c23-19-8-4-1-5-15(19)13-24(20(27)14-9-11-16(12-10-14)26(30)31)25-21(28)17-6-2-3-7-18(17)22(25)29/h1-5,8-12,17-18H,6-7,13H2/t17-,18+. The number of carbonyl (C=O) groups excluding carboxylic acids is 3. The monoisotopic (exact) mass is 423 g/mol. The molecule has 9 heteroatoms. The summed E-state index contributed by atoms with van der Waals surface area (Å²) in [5.74, 6) is -3.46. The van der Waals surface area contributed by atoms with Gasteiger partial charge >= 0.3 is 0 Å². The van der Waals surface area contributed by atoms with E-state index in [0.717, 1.165) is 22.2 Å². The van der Waals surface area contributed by atoms with E-state index in [1.807, 2.05) is 12.2 Å². The number of halogens is 1. The second kappa shape index (κ2) is 8.10. The lowest BCUT2D eigenvalue weighted by atomic mass is 9.85. The molecule has 2 aromatic carbocycles. The number of carbonyl (C=O) groups is 3. The maximum Gasteiger partial charge on any atom is 0.273 e. The summed E-state index contributed by atoms with van der Waals surface area (Å²) in [6.45, 7) is -0.340. The quantitative estimate of drug-likeness (QED) is 0.318. The van der Waals surface area contributed by atoms with Crippen LogP contribution in [-0.2, 0) is 16.1 Å². The number of hydrazine groups is 1. The van der Waals surface area contributed by atoms with Crippen molar-refractivity contribution < 1.29 is 23.7 Å². The Morgan fingerprint density at radius 1 is 1.03 bits per heavy atom. The number of amides is 3. The van der Waals surface area contributed by atoms with Crippen LogP contribution >= 0.6 is 0 Å². The van der Waals surface area contributed by atoms with Gasteiger partial charge in [0.2, 0.25) is 0 Å². The average Bonchev–Trinajstić information content (AvgIpc) is 3.03. The van der Waals surface area contributed by atoms with Crippen LogP contribution < -0.4 is 0 Å². The van der Waals surface area contributed by atoms with Crippen LogP contribution in [-0.4, -0.2) is 32.7 Å². The molecule has 0 N–H and O–H groups in total. The molecular formula is C22H18FN3O5. The van der Waals surface area contributed by atoms with Crippen LogP contribution in [0.15, 0.2) is 60.7 Å². The number of benzene rings is 2. The molecule has 0 aromatic heterocycles. The van der Waals surface area contributed by atoms with E-state index in [0.29, 0.717) is 12.8 Å². The first-order valence-corrected chi connectivity index (χ1v) is 9.71. The molecule has 0 unspecified atom stereocenters. The SMILES string of the molecule is O=C(c1ccc([N+](=O)[O-])cc1)N(Cc1ccccc1F)N1C(=O)[C@H]2CC=CC[C@H]2C1=O. The van der Waals surface area contributed by atoms with E-state index in [1.54, 1.807) is 6.07 Å². The highest BCUT2D eigenvalue weighted by molar-refractivity contribution is 6.08. The zero-order valence-corrected chi connectivity index (χ0v) is 16.3. The van der Waals surface area contributed by atoms with Gasteiger partial charge in [-0.2, -0.15) is 5.01 Å². The number of hydrogen-bond donors (Lipinski definition) is 0. The van der Waals surface area contributed by atoms with Crippen molar-refractivity contribution in [2.75, 3.05) is 0 Å². The Morgan fingerprint density at radius 2 is 1.61 bits per heavy atom. The first-order chi connectivity index (χ1) is 14.9. The van der Waals surface area contributed by atoms with Crippen molar-refractivity contribution in [2.45, 2.75) is 19.4 Å². The largest absolute Gasteiger partial charge is 0.273 e. The van der Waals surface area contributed by atoms with E-state index < -0.39 is 40.3 Å². The van der Waals surface area contributed by atoms with Crippen LogP contribution in [0.3, 0.4) is 0 Å². The van der Waals surface area contributed by atoms with E-state index in [4.69, 9.17) is 0 Å². The first kappa shape index (κ1) is 20.4. The summed E-state index contributed by atoms with van der Waals surface area (Å²) in [4.78, 5) is 49.7. The molecule has 0 spiro atoms. The molecule has 1 aliphatic heterocycles. The Hall–Kier alpha value is -3.88. The molecule has 2 aliphatic rings. The van der Waals surface area contributed by atoms with E-state index in [-0.39, 0.29) is 23.4 Å². The number of nitro benzene ring substituents is 1. The molecule has 0 saturated carbocycles. The van der Waals surface area contributed by atoms with Gasteiger partial charge in [-0.15, -0.1) is 0 Å². The molecular weight excluding hydrogens is 405 g/mol. The maximum atomic E-state index is 14.3. The predicted molar refractivity (Wildman–Crippen MR) is 107 cm³/mol. The number of imide groups is 1. The molecule has 3 amide bonds. The molecule has 8 nitrogen and oxygen atoms in total. The van der Waals surface area contributed by atoms with Crippen molar-refractivity contribution >= 4 is 23.4 Å². The van der Waals surface area contributed by atoms with E-state index in [9.17, 15) is 28.9 Å². The fourth-order valence-electron chi connectivity index (χ4n) is 3.92. The highest BCUT2D eigenvalue weighted by Gasteiger charge is 2.50. The van der Waals surface area contributed by atoms with E-state index in [1.165, 1.54) is 30.3 Å². The van der Waals surface area contributed by atoms with Crippen molar-refractivity contribution in [3.63, 3.8) is 0 Å². The fraction of sp³-hybridized carbons (Fsp3) is 0.227. The molecule has 2 aromatic rings. The predicted octanol–water partition coefficient (Wildman–Crippen LogP) is 3.24. The molecule has 1 fully saturated rings. The maximum absolute atomic E-state index is 14.3. The minimum absolute atomic E-state index is 0.0375. The van der Waals surface area contributed by atoms with Gasteiger partial charge in [0, 0.05) is 23.3 Å². The fourth-order valence-corrected chi connectivity index (χ4v) is 3.92. The van der Waals surface area contributed by atoms with Gasteiger partial charge in [0.15, 0.2) is 0 Å². The molecule has 0 bridgehead atoms. The van der Waals surface area contributed by atoms with E-state index >= 15 is 0 Å². The lowest BCUT2D eigenvalue weighted by molar-refractivity contribution is -0.384. The number of hydrogen-bond acceptors (Lipinski definition) is 5. The van der Waals surface area contributed by atoms with Crippen LogP contribution in [0.25, 0.3) is 0 Å². The summed E-state index contributed by atoms with van der Waals surface area (Å²) in [6, 6.07) is 10.6. The first-order valence-electron chi connectivity index (χ1n) is 9.71. The smallest absolute Gasteiger partial charge is 0.272 e. The molecule has 2 atom stereocenters. The topological polar surface area (TPSA) is 101 Å². The van der Waals surface area contributed by atoms with Crippen molar-refractivity contribution in [2.24, 2.45) is 11.8 Å². The highest BCUT2D eigenvalue weighted by Crippen LogP contribution is 2.36. The molecule has 31 heavy (non-hydrogen) atoms. The van der Waals surface area contributed by atoms with Crippen LogP contribution in [0.1, 0.15) is 28.8 Å². The van der Waals surface area contributed by atoms with Gasteiger partial charge in [-0.3, -0.25) is 24.5 Å². The third-order valence-electron chi connectivity index (χ3n) is 5.56. The van der Waals surface area contributed by atoms with Gasteiger partial charge in [-0.05, 0) is 31.0 Å². The normalized spacial score (nSPS) is 20.0. The van der Waals surface area contributed by atoms with Gasteiger partial charge in [-0.1, -0.05) is 30.4 Å². The summed E-state index contributed by atoms with van der Waals surface area (Å²) in [5, 5.41) is 12.7. The van der Waals surface area contributed by atoms with Crippen molar-refractivity contribution in [3.8, 4) is 0 Å². The second-order valence-corrected chi connectivity index (χ2v) is 7.40. The number of fused-ring (bicyclic) bond motifs is 1. The molecule has 1 aliphatic carbocycles. The number of nitrogens with zero attached hydrogens (tertiary/aromatic N) is 3. The third kappa shape index (κ3) is 3.70. The second-order valence-electron chi connectivity index (χ2n) is 7.40. The Bertz CT molecular complexity index is 1070. The zero-order chi connectivity index (χ0) is 22.1. The minimum Gasteiger partial charge on any atom is -0.272 e. The number of nitro groups is 1. The summed E-state index contributed by atoms with van der Waals surface area (Å²) < 4.78 is 14.3. The summed E-state index contributed by atoms with van der Waals surface area (Å²) in [6.07, 6.45) is 4.44. The highest BCUT2D eigenvalue weighted by atomic mass is 19.1. The van der Waals surface area contributed by atoms with E-state index in [2.05, 4.69) is 0 Å². The Balaban J connectivity index is 1.72. The van der Waals surface area contributed by atoms with Crippen molar-refractivity contribution in [3.05, 3.63) is 87.7 Å². The van der Waals surface area contributed by atoms with Crippen LogP contribution in [0, 0.1) is 27.8 Å². The Morgan fingerprint density at radius 3 is 2.16 bits per heavy atom. The summed E-state index contributed by atoms with van der Waals surface area (Å²) >= 11 is 0. The number of non-ortho nitro benzene ring substituents is 1. The average molecular weight is 423 g/mol. The third-order valence-corrected chi connectivity index (χ3v) is 5.56. The van der Waals surface area contributed by atoms with Gasteiger partial charge in [0.05, 0.1) is 23.3 Å². The minimum atomic E-state index is -0.730. The molecule has 0 radical (unpaired) electrons. The molecule has 1 heterocycles. The van der Waals surface area contributed by atoms with Crippen LogP contribution in [0.2, 0.25) is 0 Å².